The molecule has 0 saturated heterocycles. The Kier molecular flexibility index (Phi) is 5.61. The largest absolute Gasteiger partial charge is 0.350 e. The third kappa shape index (κ3) is 4.41. The lowest BCUT2D eigenvalue weighted by molar-refractivity contribution is -0.121. The average molecular weight is 397 g/mol. The lowest BCUT2D eigenvalue weighted by Crippen LogP contribution is -2.27. The van der Waals surface area contributed by atoms with Crippen LogP contribution in [-0.2, 0) is 22.7 Å². The lowest BCUT2D eigenvalue weighted by atomic mass is 10.1. The Hall–Kier alpha value is -3.86. The number of nitrogens with zero attached hydrogens (tertiary/aromatic N) is 1. The highest BCUT2D eigenvalue weighted by Crippen LogP contribution is 2.28. The predicted molar refractivity (Wildman–Crippen MR) is 120 cm³/mol. The lowest BCUT2D eigenvalue weighted by Gasteiger charge is -2.12. The van der Waals surface area contributed by atoms with Crippen LogP contribution < -0.4 is 10.6 Å². The summed E-state index contributed by atoms with van der Waals surface area (Å²) >= 11 is 0. The average Bonchev–Trinajstić information content (AvgIpc) is 3.12. The Balaban J connectivity index is 1.50. The van der Waals surface area contributed by atoms with E-state index in [1.54, 1.807) is 0 Å². The van der Waals surface area contributed by atoms with Crippen molar-refractivity contribution in [3.63, 3.8) is 0 Å². The fraction of sp³-hybridized carbons (Fsp3) is 0.120. The maximum absolute atomic E-state index is 12.7. The van der Waals surface area contributed by atoms with E-state index >= 15 is 0 Å². The first kappa shape index (κ1) is 19.5. The summed E-state index contributed by atoms with van der Waals surface area (Å²) in [6, 6.07) is 27.8. The van der Waals surface area contributed by atoms with E-state index < -0.39 is 0 Å². The highest BCUT2D eigenvalue weighted by Gasteiger charge is 2.13. The summed E-state index contributed by atoms with van der Waals surface area (Å²) in [6.45, 7) is 2.14. The standard InChI is InChI=1S/C25H23N3O2/c1-18(29)27-22-13-11-19(12-14-22)16-26-25(30)17-28-23-10-6-5-9-21(23)15-24(28)20-7-3-2-4-8-20/h2-15H,16-17H2,1H3,(H,26,30)(H,27,29). The van der Waals surface area contributed by atoms with Crippen molar-refractivity contribution in [2.75, 3.05) is 5.32 Å². The maximum Gasteiger partial charge on any atom is 0.240 e. The second-order valence-electron chi connectivity index (χ2n) is 7.20. The molecular formula is C25H23N3O2. The van der Waals surface area contributed by atoms with Crippen LogP contribution in [0.2, 0.25) is 0 Å². The minimum atomic E-state index is -0.107. The van der Waals surface area contributed by atoms with Gasteiger partial charge in [0.2, 0.25) is 11.8 Å². The third-order valence-electron chi connectivity index (χ3n) is 4.95. The van der Waals surface area contributed by atoms with E-state index in [4.69, 9.17) is 0 Å². The number of carbonyl (C=O) groups excluding carboxylic acids is 2. The molecule has 5 nitrogen and oxygen atoms in total. The van der Waals surface area contributed by atoms with Crippen LogP contribution >= 0.6 is 0 Å². The number of rotatable bonds is 6. The van der Waals surface area contributed by atoms with E-state index in [0.717, 1.165) is 33.4 Å². The van der Waals surface area contributed by atoms with E-state index in [1.165, 1.54) is 6.92 Å². The van der Waals surface area contributed by atoms with Crippen LogP contribution in [-0.4, -0.2) is 16.4 Å². The van der Waals surface area contributed by atoms with Crippen LogP contribution in [0.4, 0.5) is 5.69 Å². The molecule has 1 aromatic heterocycles. The van der Waals surface area contributed by atoms with Crippen molar-refractivity contribution in [2.45, 2.75) is 20.0 Å². The monoisotopic (exact) mass is 397 g/mol. The van der Waals surface area contributed by atoms with Crippen molar-refractivity contribution < 1.29 is 9.59 Å². The Morgan fingerprint density at radius 1 is 0.867 bits per heavy atom. The van der Waals surface area contributed by atoms with Crippen molar-refractivity contribution in [3.05, 3.63) is 90.5 Å². The molecule has 1 heterocycles. The van der Waals surface area contributed by atoms with E-state index in [-0.39, 0.29) is 18.4 Å². The summed E-state index contributed by atoms with van der Waals surface area (Å²) in [6.07, 6.45) is 0. The summed E-state index contributed by atoms with van der Waals surface area (Å²) in [4.78, 5) is 23.9. The summed E-state index contributed by atoms with van der Waals surface area (Å²) in [5.74, 6) is -0.163. The second kappa shape index (κ2) is 8.66. The zero-order chi connectivity index (χ0) is 20.9. The van der Waals surface area contributed by atoms with E-state index in [9.17, 15) is 9.59 Å². The Labute approximate surface area is 175 Å². The number of amides is 2. The second-order valence-corrected chi connectivity index (χ2v) is 7.20. The molecule has 0 aliphatic rings. The number of aromatic nitrogens is 1. The van der Waals surface area contributed by atoms with Gasteiger partial charge in [-0.3, -0.25) is 9.59 Å². The summed E-state index contributed by atoms with van der Waals surface area (Å²) in [5, 5.41) is 6.84. The van der Waals surface area contributed by atoms with Gasteiger partial charge >= 0.3 is 0 Å². The molecular weight excluding hydrogens is 374 g/mol. The molecule has 4 rings (SSSR count). The fourth-order valence-corrected chi connectivity index (χ4v) is 3.54. The summed E-state index contributed by atoms with van der Waals surface area (Å²) < 4.78 is 2.06. The van der Waals surface area contributed by atoms with Crippen LogP contribution in [0.15, 0.2) is 84.9 Å². The molecule has 0 spiro atoms. The minimum Gasteiger partial charge on any atom is -0.350 e. The number of benzene rings is 3. The van der Waals surface area contributed by atoms with Gasteiger partial charge in [0.25, 0.3) is 0 Å². The normalized spacial score (nSPS) is 10.7. The van der Waals surface area contributed by atoms with Crippen LogP contribution in [0, 0.1) is 0 Å². The molecule has 30 heavy (non-hydrogen) atoms. The van der Waals surface area contributed by atoms with Crippen molar-refractivity contribution >= 4 is 28.4 Å². The molecule has 2 N–H and O–H groups in total. The van der Waals surface area contributed by atoms with Crippen molar-refractivity contribution in [1.82, 2.24) is 9.88 Å². The molecule has 0 fully saturated rings. The predicted octanol–water partition coefficient (Wildman–Crippen LogP) is 4.58. The first-order valence-corrected chi connectivity index (χ1v) is 9.87. The number of anilines is 1. The molecule has 0 unspecified atom stereocenters. The van der Waals surface area contributed by atoms with Gasteiger partial charge in [0.1, 0.15) is 6.54 Å². The third-order valence-corrected chi connectivity index (χ3v) is 4.95. The van der Waals surface area contributed by atoms with Gasteiger partial charge in [0.05, 0.1) is 0 Å². The molecule has 0 aliphatic carbocycles. The SMILES string of the molecule is CC(=O)Nc1ccc(CNC(=O)Cn2c(-c3ccccc3)cc3ccccc32)cc1. The topological polar surface area (TPSA) is 63.1 Å². The van der Waals surface area contributed by atoms with Gasteiger partial charge < -0.3 is 15.2 Å². The van der Waals surface area contributed by atoms with E-state index in [2.05, 4.69) is 39.5 Å². The Bertz CT molecular complexity index is 1180. The van der Waals surface area contributed by atoms with Gasteiger partial charge in [0.15, 0.2) is 0 Å². The Morgan fingerprint density at radius 3 is 2.30 bits per heavy atom. The molecule has 0 aliphatic heterocycles. The van der Waals surface area contributed by atoms with Gasteiger partial charge in [0, 0.05) is 35.8 Å². The molecule has 2 amide bonds. The van der Waals surface area contributed by atoms with Crippen molar-refractivity contribution in [3.8, 4) is 11.3 Å². The number of fused-ring (bicyclic) bond motifs is 1. The van der Waals surface area contributed by atoms with Crippen LogP contribution in [0.25, 0.3) is 22.2 Å². The molecule has 0 saturated carbocycles. The van der Waals surface area contributed by atoms with Crippen LogP contribution in [0.3, 0.4) is 0 Å². The first-order chi connectivity index (χ1) is 14.6. The molecule has 0 radical (unpaired) electrons. The van der Waals surface area contributed by atoms with Gasteiger partial charge in [-0.25, -0.2) is 0 Å². The van der Waals surface area contributed by atoms with Crippen LogP contribution in [0.5, 0.6) is 0 Å². The smallest absolute Gasteiger partial charge is 0.240 e. The minimum absolute atomic E-state index is 0.0560. The number of hydrogen-bond acceptors (Lipinski definition) is 2. The van der Waals surface area contributed by atoms with Gasteiger partial charge in [-0.2, -0.15) is 0 Å². The van der Waals surface area contributed by atoms with Gasteiger partial charge in [-0.15, -0.1) is 0 Å². The molecule has 4 aromatic rings. The highest BCUT2D eigenvalue weighted by atomic mass is 16.2. The number of hydrogen-bond donors (Lipinski definition) is 2. The van der Waals surface area contributed by atoms with E-state index in [1.807, 2.05) is 60.7 Å². The zero-order valence-corrected chi connectivity index (χ0v) is 16.8. The van der Waals surface area contributed by atoms with Gasteiger partial charge in [-0.05, 0) is 35.4 Å². The zero-order valence-electron chi connectivity index (χ0n) is 16.8. The molecule has 0 atom stereocenters. The van der Waals surface area contributed by atoms with Gasteiger partial charge in [-0.1, -0.05) is 60.7 Å². The summed E-state index contributed by atoms with van der Waals surface area (Å²) in [5.41, 5.74) is 4.84. The quantitative estimate of drug-likeness (QED) is 0.500. The molecule has 0 bridgehead atoms. The number of carbonyl (C=O) groups is 2. The summed E-state index contributed by atoms with van der Waals surface area (Å²) in [7, 11) is 0. The van der Waals surface area contributed by atoms with E-state index in [0.29, 0.717) is 6.54 Å². The molecule has 5 heteroatoms. The molecule has 3 aromatic carbocycles. The fourth-order valence-electron chi connectivity index (χ4n) is 3.54. The van der Waals surface area contributed by atoms with Crippen molar-refractivity contribution in [2.24, 2.45) is 0 Å². The Morgan fingerprint density at radius 2 is 1.57 bits per heavy atom. The number of nitrogens with one attached hydrogen (secondary N) is 2. The van der Waals surface area contributed by atoms with Crippen LogP contribution in [0.1, 0.15) is 12.5 Å². The number of para-hydroxylation sites is 1. The highest BCUT2D eigenvalue weighted by molar-refractivity contribution is 5.89. The maximum atomic E-state index is 12.7. The molecule has 150 valence electrons. The van der Waals surface area contributed by atoms with Crippen molar-refractivity contribution in [1.29, 1.82) is 0 Å². The first-order valence-electron chi connectivity index (χ1n) is 9.87.